The van der Waals surface area contributed by atoms with Gasteiger partial charge in [0.15, 0.2) is 0 Å². The molecule has 0 bridgehead atoms. The van der Waals surface area contributed by atoms with E-state index in [9.17, 15) is 0 Å². The Hall–Kier alpha value is -0.223. The van der Waals surface area contributed by atoms with Crippen LogP contribution in [0.5, 0.6) is 0 Å². The normalized spacial score (nSPS) is 17.7. The van der Waals surface area contributed by atoms with Crippen molar-refractivity contribution in [2.75, 3.05) is 0 Å². The largest absolute Gasteiger partial charge is 0.149 e. The highest BCUT2D eigenvalue weighted by Crippen LogP contribution is 2.21. The fraction of sp³-hybridized carbons (Fsp3) is 0.667. The molecule has 10 heavy (non-hydrogen) atoms. The van der Waals surface area contributed by atoms with Crippen LogP contribution in [-0.2, 0) is 6.42 Å². The van der Waals surface area contributed by atoms with E-state index < -0.39 is 8.80 Å². The van der Waals surface area contributed by atoms with Crippen LogP contribution in [0.1, 0.15) is 11.9 Å². The van der Waals surface area contributed by atoms with Gasteiger partial charge in [-0.05, 0) is 6.42 Å². The third kappa shape index (κ3) is 1.13. The Morgan fingerprint density at radius 1 is 1.50 bits per heavy atom. The summed E-state index contributed by atoms with van der Waals surface area (Å²) >= 11 is 1.84. The van der Waals surface area contributed by atoms with E-state index in [1.807, 2.05) is 11.3 Å². The van der Waals surface area contributed by atoms with E-state index in [1.54, 1.807) is 0 Å². The molecule has 0 unspecified atom stereocenters. The average molecular weight is 170 g/mol. The third-order valence-electron chi connectivity index (χ3n) is 1.71. The Morgan fingerprint density at radius 2 is 2.30 bits per heavy atom. The van der Waals surface area contributed by atoms with Gasteiger partial charge in [-0.25, -0.2) is 0 Å². The van der Waals surface area contributed by atoms with Crippen molar-refractivity contribution in [3.05, 3.63) is 5.01 Å². The van der Waals surface area contributed by atoms with Gasteiger partial charge in [0.05, 0.1) is 4.63 Å². The molecule has 2 nitrogen and oxygen atoms in total. The van der Waals surface area contributed by atoms with Crippen molar-refractivity contribution in [1.29, 1.82) is 0 Å². The lowest BCUT2D eigenvalue weighted by molar-refractivity contribution is 0.992. The molecule has 1 saturated heterocycles. The minimum absolute atomic E-state index is 0.427. The lowest BCUT2D eigenvalue weighted by Gasteiger charge is -1.79. The van der Waals surface area contributed by atoms with E-state index in [-0.39, 0.29) is 0 Å². The van der Waals surface area contributed by atoms with E-state index in [4.69, 9.17) is 0 Å². The zero-order valence-corrected chi connectivity index (χ0v) is 7.97. The predicted octanol–water partition coefficient (Wildman–Crippen LogP) is 0.548. The fourth-order valence-electron chi connectivity index (χ4n) is 0.905. The molecule has 1 aromatic rings. The summed E-state index contributed by atoms with van der Waals surface area (Å²) in [7, 11) is -0.427. The molecule has 0 saturated carbocycles. The highest BCUT2D eigenvalue weighted by Gasteiger charge is 2.29. The first kappa shape index (κ1) is 6.48. The monoisotopic (exact) mass is 170 g/mol. The van der Waals surface area contributed by atoms with Gasteiger partial charge in [0.1, 0.15) is 13.8 Å². The van der Waals surface area contributed by atoms with E-state index in [0.717, 1.165) is 6.42 Å². The number of hydrogen-bond acceptors (Lipinski definition) is 3. The maximum atomic E-state index is 4.18. The van der Waals surface area contributed by atoms with Crippen LogP contribution in [0.15, 0.2) is 0 Å². The summed E-state index contributed by atoms with van der Waals surface area (Å²) in [6.45, 7) is 2.14. The SMILES string of the molecule is CCc1nnc([SiH]2CC2)s1. The molecule has 1 aliphatic heterocycles. The van der Waals surface area contributed by atoms with Crippen LogP contribution in [0.4, 0.5) is 0 Å². The summed E-state index contributed by atoms with van der Waals surface area (Å²) in [5.74, 6) is 0. The van der Waals surface area contributed by atoms with Gasteiger partial charge in [-0.2, -0.15) is 0 Å². The maximum Gasteiger partial charge on any atom is 0.116 e. The first-order valence-corrected chi connectivity index (χ1v) is 6.75. The van der Waals surface area contributed by atoms with Crippen molar-refractivity contribution < 1.29 is 0 Å². The molecule has 1 fully saturated rings. The fourth-order valence-corrected chi connectivity index (χ4v) is 4.62. The molecule has 0 N–H and O–H groups in total. The molecule has 2 rings (SSSR count). The van der Waals surface area contributed by atoms with Crippen molar-refractivity contribution in [1.82, 2.24) is 10.2 Å². The van der Waals surface area contributed by atoms with Crippen molar-refractivity contribution in [3.8, 4) is 0 Å². The van der Waals surface area contributed by atoms with Crippen molar-refractivity contribution in [3.63, 3.8) is 0 Å². The molecule has 0 atom stereocenters. The molecular weight excluding hydrogens is 160 g/mol. The van der Waals surface area contributed by atoms with Gasteiger partial charge in [0.2, 0.25) is 0 Å². The van der Waals surface area contributed by atoms with Gasteiger partial charge in [0, 0.05) is 0 Å². The molecule has 0 spiro atoms. The summed E-state index contributed by atoms with van der Waals surface area (Å²) < 4.78 is 1.40. The molecule has 0 amide bonds. The zero-order valence-electron chi connectivity index (χ0n) is 6.00. The second-order valence-electron chi connectivity index (χ2n) is 2.66. The summed E-state index contributed by atoms with van der Waals surface area (Å²) in [6, 6.07) is 2.94. The van der Waals surface area contributed by atoms with Gasteiger partial charge in [-0.15, -0.1) is 21.5 Å². The van der Waals surface area contributed by atoms with Crippen molar-refractivity contribution in [2.24, 2.45) is 0 Å². The predicted molar refractivity (Wildman–Crippen MR) is 45.7 cm³/mol. The Bertz CT molecular complexity index is 231. The maximum absolute atomic E-state index is 4.18. The quantitative estimate of drug-likeness (QED) is 0.606. The first-order valence-electron chi connectivity index (χ1n) is 3.72. The Balaban J connectivity index is 2.19. The smallest absolute Gasteiger partial charge is 0.116 e. The molecule has 2 heterocycles. The highest BCUT2D eigenvalue weighted by molar-refractivity contribution is 7.24. The third-order valence-corrected chi connectivity index (χ3v) is 5.93. The van der Waals surface area contributed by atoms with Gasteiger partial charge < -0.3 is 0 Å². The summed E-state index contributed by atoms with van der Waals surface area (Å²) in [5, 5.41) is 9.50. The van der Waals surface area contributed by atoms with Crippen LogP contribution in [0, 0.1) is 0 Å². The number of rotatable bonds is 2. The van der Waals surface area contributed by atoms with Crippen molar-refractivity contribution >= 4 is 24.8 Å². The van der Waals surface area contributed by atoms with Crippen LogP contribution in [-0.4, -0.2) is 19.0 Å². The minimum atomic E-state index is -0.427. The molecule has 0 aliphatic carbocycles. The second kappa shape index (κ2) is 2.43. The summed E-state index contributed by atoms with van der Waals surface area (Å²) in [6.07, 6.45) is 1.05. The van der Waals surface area contributed by atoms with E-state index in [0.29, 0.717) is 0 Å². The zero-order chi connectivity index (χ0) is 6.97. The van der Waals surface area contributed by atoms with Crippen LogP contribution in [0.25, 0.3) is 0 Å². The number of aryl methyl sites for hydroxylation is 1. The minimum Gasteiger partial charge on any atom is -0.149 e. The molecule has 0 aromatic carbocycles. The summed E-state index contributed by atoms with van der Waals surface area (Å²) in [4.78, 5) is 0. The molecule has 4 heteroatoms. The molecule has 1 aliphatic rings. The Kier molecular flexibility index (Phi) is 1.58. The molecular formula is C6H10N2SSi. The molecule has 54 valence electrons. The van der Waals surface area contributed by atoms with E-state index in [2.05, 4.69) is 17.1 Å². The topological polar surface area (TPSA) is 25.8 Å². The van der Waals surface area contributed by atoms with Crippen LogP contribution in [0.3, 0.4) is 0 Å². The van der Waals surface area contributed by atoms with Crippen molar-refractivity contribution in [2.45, 2.75) is 25.4 Å². The lowest BCUT2D eigenvalue weighted by Crippen LogP contribution is -2.12. The number of aromatic nitrogens is 2. The van der Waals surface area contributed by atoms with Gasteiger partial charge >= 0.3 is 0 Å². The molecule has 1 aromatic heterocycles. The second-order valence-corrected chi connectivity index (χ2v) is 7.27. The van der Waals surface area contributed by atoms with Crippen LogP contribution in [0.2, 0.25) is 12.1 Å². The first-order chi connectivity index (χ1) is 4.90. The van der Waals surface area contributed by atoms with Crippen LogP contribution < -0.4 is 4.63 Å². The van der Waals surface area contributed by atoms with Crippen LogP contribution >= 0.6 is 11.3 Å². The van der Waals surface area contributed by atoms with Gasteiger partial charge in [-0.3, -0.25) is 0 Å². The Labute approximate surface area is 65.9 Å². The average Bonchev–Trinajstić information content (AvgIpc) is 2.70. The Morgan fingerprint density at radius 3 is 2.80 bits per heavy atom. The molecule has 0 radical (unpaired) electrons. The van der Waals surface area contributed by atoms with E-state index >= 15 is 0 Å². The summed E-state index contributed by atoms with van der Waals surface area (Å²) in [5.41, 5.74) is 0. The van der Waals surface area contributed by atoms with Gasteiger partial charge in [0.25, 0.3) is 0 Å². The number of nitrogens with zero attached hydrogens (tertiary/aromatic N) is 2. The van der Waals surface area contributed by atoms with Gasteiger partial charge in [-0.1, -0.05) is 19.0 Å². The van der Waals surface area contributed by atoms with E-state index in [1.165, 1.54) is 21.7 Å². The number of hydrogen-bond donors (Lipinski definition) is 0. The standard InChI is InChI=1S/C6H10N2SSi/c1-2-5-7-8-6(9-5)10-3-4-10/h10H,2-4H2,1H3. The highest BCUT2D eigenvalue weighted by atomic mass is 32.1. The lowest BCUT2D eigenvalue weighted by atomic mass is 10.5.